The number of carbonyl (C=O) groups excluding carboxylic acids is 1. The number of para-hydroxylation sites is 1. The molecule has 3 aromatic heterocycles. The van der Waals surface area contributed by atoms with Gasteiger partial charge in [0, 0.05) is 29.6 Å². The molecule has 8 heteroatoms. The molecule has 0 saturated heterocycles. The second kappa shape index (κ2) is 6.52. The molecule has 1 atom stereocenters. The summed E-state index contributed by atoms with van der Waals surface area (Å²) in [5, 5.41) is 9.80. The highest BCUT2D eigenvalue weighted by atomic mass is 32.1. The normalized spacial score (nSPS) is 18.9. The summed E-state index contributed by atoms with van der Waals surface area (Å²) in [4.78, 5) is 23.0. The van der Waals surface area contributed by atoms with Gasteiger partial charge in [0.2, 0.25) is 5.91 Å². The summed E-state index contributed by atoms with van der Waals surface area (Å²) in [6.07, 6.45) is 5.05. The first-order chi connectivity index (χ1) is 14.3. The summed E-state index contributed by atoms with van der Waals surface area (Å²) in [6.45, 7) is 0.624. The third-order valence-corrected chi connectivity index (χ3v) is 6.55. The van der Waals surface area contributed by atoms with Crippen molar-refractivity contribution < 1.29 is 9.21 Å². The van der Waals surface area contributed by atoms with E-state index in [2.05, 4.69) is 26.2 Å². The van der Waals surface area contributed by atoms with Gasteiger partial charge in [0.15, 0.2) is 0 Å². The van der Waals surface area contributed by atoms with Gasteiger partial charge < -0.3 is 14.3 Å². The van der Waals surface area contributed by atoms with Crippen molar-refractivity contribution in [3.63, 3.8) is 0 Å². The Kier molecular flexibility index (Phi) is 3.80. The van der Waals surface area contributed by atoms with E-state index in [-0.39, 0.29) is 18.4 Å². The van der Waals surface area contributed by atoms with Gasteiger partial charge in [-0.2, -0.15) is 0 Å². The third-order valence-electron chi connectivity index (χ3n) is 5.85. The molecule has 1 saturated carbocycles. The lowest BCUT2D eigenvalue weighted by Crippen LogP contribution is -2.41. The number of carbonyl (C=O) groups is 1. The molecule has 1 aromatic carbocycles. The Labute approximate surface area is 170 Å². The summed E-state index contributed by atoms with van der Waals surface area (Å²) in [7, 11) is 0. The van der Waals surface area contributed by atoms with Crippen LogP contribution in [0.3, 0.4) is 0 Å². The average molecular weight is 405 g/mol. The van der Waals surface area contributed by atoms with Crippen LogP contribution >= 0.6 is 11.3 Å². The maximum absolute atomic E-state index is 13.3. The molecule has 1 fully saturated rings. The van der Waals surface area contributed by atoms with Gasteiger partial charge in [-0.25, -0.2) is 4.98 Å². The predicted molar refractivity (Wildman–Crippen MR) is 108 cm³/mol. The number of imidazole rings is 1. The summed E-state index contributed by atoms with van der Waals surface area (Å²) in [6, 6.07) is 7.86. The molecule has 1 aliphatic carbocycles. The van der Waals surface area contributed by atoms with Gasteiger partial charge in [0.25, 0.3) is 0 Å². The Hall–Kier alpha value is -3.00. The van der Waals surface area contributed by atoms with Gasteiger partial charge in [0.05, 0.1) is 18.4 Å². The Morgan fingerprint density at radius 3 is 3.03 bits per heavy atom. The van der Waals surface area contributed by atoms with E-state index >= 15 is 0 Å². The molecule has 29 heavy (non-hydrogen) atoms. The van der Waals surface area contributed by atoms with E-state index in [0.29, 0.717) is 12.5 Å². The molecule has 4 aromatic rings. The fraction of sp³-hybridized carbons (Fsp3) is 0.333. The fourth-order valence-electron chi connectivity index (χ4n) is 4.40. The maximum atomic E-state index is 13.3. The first-order valence-electron chi connectivity index (χ1n) is 9.87. The van der Waals surface area contributed by atoms with Gasteiger partial charge in [-0.05, 0) is 24.8 Å². The molecule has 4 heterocycles. The lowest BCUT2D eigenvalue weighted by Gasteiger charge is -2.34. The standard InChI is InChI=1S/C21H19N5O2S/c27-17(9-16-25-24-11-29-16)26-8-7-14-19(23-10-22-14)20(26)21-18(12-5-6-12)13-3-1-2-4-15(13)28-21/h1-4,10-12,20H,5-9H2,(H,22,23)/t20-/m0/s1. The van der Waals surface area contributed by atoms with Crippen molar-refractivity contribution in [2.24, 2.45) is 0 Å². The molecule has 0 spiro atoms. The second-order valence-corrected chi connectivity index (χ2v) is 8.58. The second-order valence-electron chi connectivity index (χ2n) is 7.67. The number of aromatic amines is 1. The predicted octanol–water partition coefficient (Wildman–Crippen LogP) is 3.60. The van der Waals surface area contributed by atoms with Crippen LogP contribution in [0.25, 0.3) is 11.0 Å². The van der Waals surface area contributed by atoms with Crippen molar-refractivity contribution in [1.29, 1.82) is 0 Å². The zero-order chi connectivity index (χ0) is 19.4. The SMILES string of the molecule is O=C(Cc1nncs1)N1CCc2[nH]cnc2[C@H]1c1oc2ccccc2c1C1CC1. The van der Waals surface area contributed by atoms with E-state index in [1.54, 1.807) is 11.8 Å². The lowest BCUT2D eigenvalue weighted by atomic mass is 9.95. The summed E-state index contributed by atoms with van der Waals surface area (Å²) >= 11 is 1.41. The van der Waals surface area contributed by atoms with Gasteiger partial charge >= 0.3 is 0 Å². The van der Waals surface area contributed by atoms with Gasteiger partial charge in [0.1, 0.15) is 27.9 Å². The minimum absolute atomic E-state index is 0.0302. The monoisotopic (exact) mass is 405 g/mol. The molecule has 6 rings (SSSR count). The highest BCUT2D eigenvalue weighted by Crippen LogP contribution is 2.50. The van der Waals surface area contributed by atoms with Crippen LogP contribution in [-0.4, -0.2) is 37.5 Å². The Morgan fingerprint density at radius 1 is 1.31 bits per heavy atom. The quantitative estimate of drug-likeness (QED) is 0.560. The van der Waals surface area contributed by atoms with E-state index in [4.69, 9.17) is 4.42 Å². The highest BCUT2D eigenvalue weighted by Gasteiger charge is 2.41. The number of hydrogen-bond donors (Lipinski definition) is 1. The third kappa shape index (κ3) is 2.78. The number of fused-ring (bicyclic) bond motifs is 2. The largest absolute Gasteiger partial charge is 0.458 e. The number of rotatable bonds is 4. The van der Waals surface area contributed by atoms with Gasteiger partial charge in [-0.1, -0.05) is 18.2 Å². The van der Waals surface area contributed by atoms with Crippen LogP contribution < -0.4 is 0 Å². The van der Waals surface area contributed by atoms with Crippen molar-refractivity contribution in [1.82, 2.24) is 25.1 Å². The van der Waals surface area contributed by atoms with E-state index in [1.165, 1.54) is 16.9 Å². The van der Waals surface area contributed by atoms with Crippen molar-refractivity contribution in [2.75, 3.05) is 6.54 Å². The fourth-order valence-corrected chi connectivity index (χ4v) is 4.91. The number of nitrogens with one attached hydrogen (secondary N) is 1. The van der Waals surface area contributed by atoms with Crippen LogP contribution in [0.5, 0.6) is 0 Å². The molecule has 1 amide bonds. The van der Waals surface area contributed by atoms with Crippen LogP contribution in [-0.2, 0) is 17.6 Å². The summed E-state index contributed by atoms with van der Waals surface area (Å²) in [5.74, 6) is 1.40. The van der Waals surface area contributed by atoms with Crippen molar-refractivity contribution in [3.05, 3.63) is 63.8 Å². The molecule has 1 aliphatic heterocycles. The molecular formula is C21H19N5O2S. The topological polar surface area (TPSA) is 87.9 Å². The number of benzene rings is 1. The minimum Gasteiger partial charge on any atom is -0.458 e. The number of hydrogen-bond acceptors (Lipinski definition) is 6. The van der Waals surface area contributed by atoms with Crippen LogP contribution in [0.1, 0.15) is 52.5 Å². The van der Waals surface area contributed by atoms with E-state index < -0.39 is 0 Å². The number of furan rings is 1. The van der Waals surface area contributed by atoms with Crippen molar-refractivity contribution in [2.45, 2.75) is 37.6 Å². The molecule has 1 N–H and O–H groups in total. The van der Waals surface area contributed by atoms with E-state index in [0.717, 1.165) is 52.4 Å². The highest BCUT2D eigenvalue weighted by molar-refractivity contribution is 7.09. The molecule has 0 bridgehead atoms. The zero-order valence-electron chi connectivity index (χ0n) is 15.7. The molecule has 0 radical (unpaired) electrons. The zero-order valence-corrected chi connectivity index (χ0v) is 16.5. The van der Waals surface area contributed by atoms with Crippen LogP contribution in [0, 0.1) is 0 Å². The first kappa shape index (κ1) is 16.9. The van der Waals surface area contributed by atoms with E-state index in [9.17, 15) is 4.79 Å². The Morgan fingerprint density at radius 2 is 2.21 bits per heavy atom. The number of H-pyrrole nitrogens is 1. The van der Waals surface area contributed by atoms with Crippen molar-refractivity contribution >= 4 is 28.2 Å². The maximum Gasteiger partial charge on any atom is 0.230 e. The molecular weight excluding hydrogens is 386 g/mol. The van der Waals surface area contributed by atoms with Gasteiger partial charge in [-0.3, -0.25) is 4.79 Å². The molecule has 7 nitrogen and oxygen atoms in total. The lowest BCUT2D eigenvalue weighted by molar-refractivity contribution is -0.133. The Bertz CT molecular complexity index is 1190. The molecule has 2 aliphatic rings. The molecule has 146 valence electrons. The first-order valence-corrected chi connectivity index (χ1v) is 10.8. The average Bonchev–Trinajstić information content (AvgIpc) is 3.13. The smallest absolute Gasteiger partial charge is 0.230 e. The number of nitrogens with zero attached hydrogens (tertiary/aromatic N) is 4. The Balaban J connectivity index is 1.49. The van der Waals surface area contributed by atoms with E-state index in [1.807, 2.05) is 23.1 Å². The van der Waals surface area contributed by atoms with Crippen LogP contribution in [0.15, 0.2) is 40.5 Å². The summed E-state index contributed by atoms with van der Waals surface area (Å²) in [5.41, 5.74) is 5.76. The number of amides is 1. The van der Waals surface area contributed by atoms with Gasteiger partial charge in [-0.15, -0.1) is 21.5 Å². The van der Waals surface area contributed by atoms with Crippen LogP contribution in [0.2, 0.25) is 0 Å². The molecule has 0 unspecified atom stereocenters. The van der Waals surface area contributed by atoms with Crippen LogP contribution in [0.4, 0.5) is 0 Å². The number of aromatic nitrogens is 4. The minimum atomic E-state index is -0.312. The van der Waals surface area contributed by atoms with Crippen molar-refractivity contribution in [3.8, 4) is 0 Å². The summed E-state index contributed by atoms with van der Waals surface area (Å²) < 4.78 is 6.41.